The lowest BCUT2D eigenvalue weighted by atomic mass is 10.0. The van der Waals surface area contributed by atoms with E-state index in [1.54, 1.807) is 0 Å². The van der Waals surface area contributed by atoms with Gasteiger partial charge in [-0.15, -0.1) is 23.4 Å². The van der Waals surface area contributed by atoms with Crippen molar-refractivity contribution in [2.45, 2.75) is 23.1 Å². The van der Waals surface area contributed by atoms with E-state index in [2.05, 4.69) is 0 Å². The zero-order chi connectivity index (χ0) is 21.0. The number of thioether (sulfide) groups is 1. The molecule has 1 atom stereocenters. The van der Waals surface area contributed by atoms with Crippen LogP contribution in [-0.4, -0.2) is 58.5 Å². The van der Waals surface area contributed by atoms with Gasteiger partial charge >= 0.3 is 0 Å². The van der Waals surface area contributed by atoms with Crippen molar-refractivity contribution in [1.82, 2.24) is 9.80 Å². The summed E-state index contributed by atoms with van der Waals surface area (Å²) < 4.78 is 5.67. The molecule has 5 nitrogen and oxygen atoms in total. The van der Waals surface area contributed by atoms with Crippen molar-refractivity contribution in [2.75, 3.05) is 32.0 Å². The number of likely N-dealkylation sites (tertiary alicyclic amines) is 1. The Morgan fingerprint density at radius 2 is 1.63 bits per heavy atom. The van der Waals surface area contributed by atoms with Crippen molar-refractivity contribution < 1.29 is 14.3 Å². The SMILES string of the molecule is O=C(C(Cl)c1ccccc1)N1CCC2(CC1)SCCN2C(=O)COc1ccccc1. The van der Waals surface area contributed by atoms with Crippen LogP contribution in [-0.2, 0) is 9.59 Å². The second-order valence-corrected chi connectivity index (χ2v) is 9.43. The first-order chi connectivity index (χ1) is 14.6. The highest BCUT2D eigenvalue weighted by molar-refractivity contribution is 8.00. The van der Waals surface area contributed by atoms with Crippen LogP contribution in [0.15, 0.2) is 60.7 Å². The van der Waals surface area contributed by atoms with Gasteiger partial charge in [0.05, 0.1) is 4.87 Å². The monoisotopic (exact) mass is 444 g/mol. The number of ether oxygens (including phenoxy) is 1. The number of halogens is 1. The van der Waals surface area contributed by atoms with E-state index in [1.807, 2.05) is 82.2 Å². The molecule has 2 heterocycles. The molecule has 0 bridgehead atoms. The second kappa shape index (κ2) is 9.31. The van der Waals surface area contributed by atoms with Gasteiger partial charge in [0.15, 0.2) is 6.61 Å². The molecule has 1 spiro atoms. The Kier molecular flexibility index (Phi) is 6.54. The Balaban J connectivity index is 1.35. The second-order valence-electron chi connectivity index (χ2n) is 7.54. The molecule has 2 aromatic rings. The van der Waals surface area contributed by atoms with Gasteiger partial charge < -0.3 is 14.5 Å². The topological polar surface area (TPSA) is 49.9 Å². The fourth-order valence-electron chi connectivity index (χ4n) is 4.12. The first-order valence-corrected chi connectivity index (χ1v) is 11.6. The average Bonchev–Trinajstić information content (AvgIpc) is 3.21. The van der Waals surface area contributed by atoms with E-state index in [9.17, 15) is 9.59 Å². The molecule has 2 aliphatic rings. The van der Waals surface area contributed by atoms with Crippen LogP contribution < -0.4 is 4.74 Å². The molecular weight excluding hydrogens is 420 g/mol. The number of carbonyl (C=O) groups is 2. The molecule has 2 aromatic carbocycles. The summed E-state index contributed by atoms with van der Waals surface area (Å²) in [6.45, 7) is 1.96. The van der Waals surface area contributed by atoms with Crippen molar-refractivity contribution >= 4 is 35.2 Å². The lowest BCUT2D eigenvalue weighted by molar-refractivity contribution is -0.138. The normalized spacial score (nSPS) is 19.0. The Hall–Kier alpha value is -2.18. The average molecular weight is 445 g/mol. The smallest absolute Gasteiger partial charge is 0.261 e. The zero-order valence-corrected chi connectivity index (χ0v) is 18.3. The lowest BCUT2D eigenvalue weighted by Gasteiger charge is -2.44. The van der Waals surface area contributed by atoms with Crippen LogP contribution in [0.3, 0.4) is 0 Å². The van der Waals surface area contributed by atoms with Crippen LogP contribution in [0.1, 0.15) is 23.8 Å². The molecule has 2 fully saturated rings. The van der Waals surface area contributed by atoms with Crippen LogP contribution in [0.4, 0.5) is 0 Å². The van der Waals surface area contributed by atoms with Crippen molar-refractivity contribution in [3.8, 4) is 5.75 Å². The standard InChI is InChI=1S/C23H25ClN2O3S/c24-21(18-7-3-1-4-8-18)22(28)25-13-11-23(12-14-25)26(15-16-30-23)20(27)17-29-19-9-5-2-6-10-19/h1-10,21H,11-17H2. The van der Waals surface area contributed by atoms with Gasteiger partial charge in [-0.2, -0.15) is 0 Å². The highest BCUT2D eigenvalue weighted by Crippen LogP contribution is 2.44. The fraction of sp³-hybridized carbons (Fsp3) is 0.391. The minimum absolute atomic E-state index is 0.00290. The molecule has 0 radical (unpaired) electrons. The number of carbonyl (C=O) groups excluding carboxylic acids is 2. The van der Waals surface area contributed by atoms with Crippen molar-refractivity contribution in [2.24, 2.45) is 0 Å². The maximum atomic E-state index is 12.9. The Bertz CT molecular complexity index is 873. The van der Waals surface area contributed by atoms with Gasteiger partial charge in [0.1, 0.15) is 11.1 Å². The van der Waals surface area contributed by atoms with Crippen LogP contribution in [0.25, 0.3) is 0 Å². The predicted molar refractivity (Wildman–Crippen MR) is 120 cm³/mol. The van der Waals surface area contributed by atoms with Crippen LogP contribution in [0.2, 0.25) is 0 Å². The summed E-state index contributed by atoms with van der Waals surface area (Å²) in [5.74, 6) is 1.54. The van der Waals surface area contributed by atoms with E-state index in [-0.39, 0.29) is 23.3 Å². The van der Waals surface area contributed by atoms with Gasteiger partial charge in [-0.3, -0.25) is 9.59 Å². The van der Waals surface area contributed by atoms with Gasteiger partial charge in [0.25, 0.3) is 5.91 Å². The number of nitrogens with zero attached hydrogens (tertiary/aromatic N) is 2. The van der Waals surface area contributed by atoms with E-state index >= 15 is 0 Å². The van der Waals surface area contributed by atoms with E-state index in [1.165, 1.54) is 0 Å². The molecule has 158 valence electrons. The Labute approximate surface area is 186 Å². The van der Waals surface area contributed by atoms with Gasteiger partial charge in [-0.25, -0.2) is 0 Å². The number of piperidine rings is 1. The number of hydrogen-bond acceptors (Lipinski definition) is 4. The molecule has 0 saturated carbocycles. The van der Waals surface area contributed by atoms with Crippen molar-refractivity contribution in [3.63, 3.8) is 0 Å². The summed E-state index contributed by atoms with van der Waals surface area (Å²) in [5.41, 5.74) is 0.814. The molecular formula is C23H25ClN2O3S. The molecule has 2 saturated heterocycles. The summed E-state index contributed by atoms with van der Waals surface area (Å²) in [6, 6.07) is 18.8. The number of rotatable bonds is 5. The third kappa shape index (κ3) is 4.44. The first kappa shape index (κ1) is 21.1. The summed E-state index contributed by atoms with van der Waals surface area (Å²) in [6.07, 6.45) is 1.50. The van der Waals surface area contributed by atoms with Crippen molar-refractivity contribution in [3.05, 3.63) is 66.2 Å². The van der Waals surface area contributed by atoms with Gasteiger partial charge in [-0.1, -0.05) is 48.5 Å². The highest BCUT2D eigenvalue weighted by atomic mass is 35.5. The molecule has 0 aromatic heterocycles. The maximum absolute atomic E-state index is 12.9. The van der Waals surface area contributed by atoms with E-state index in [0.717, 1.165) is 30.7 Å². The minimum atomic E-state index is -0.673. The third-order valence-corrected chi connectivity index (χ3v) is 7.74. The summed E-state index contributed by atoms with van der Waals surface area (Å²) in [7, 11) is 0. The number of alkyl halides is 1. The molecule has 1 unspecified atom stereocenters. The predicted octanol–water partition coefficient (Wildman–Crippen LogP) is 3.94. The first-order valence-electron chi connectivity index (χ1n) is 10.2. The van der Waals surface area contributed by atoms with E-state index < -0.39 is 5.38 Å². The van der Waals surface area contributed by atoms with Gasteiger partial charge in [0, 0.05) is 25.4 Å². The number of para-hydroxylation sites is 1. The number of hydrogen-bond donors (Lipinski definition) is 0. The van der Waals surface area contributed by atoms with E-state index in [0.29, 0.717) is 18.8 Å². The van der Waals surface area contributed by atoms with E-state index in [4.69, 9.17) is 16.3 Å². The molecule has 2 amide bonds. The molecule has 4 rings (SSSR count). The lowest BCUT2D eigenvalue weighted by Crippen LogP contribution is -2.54. The molecule has 30 heavy (non-hydrogen) atoms. The molecule has 0 N–H and O–H groups in total. The maximum Gasteiger partial charge on any atom is 0.261 e. The third-order valence-electron chi connectivity index (χ3n) is 5.75. The van der Waals surface area contributed by atoms with Gasteiger partial charge in [0.2, 0.25) is 5.91 Å². The Morgan fingerprint density at radius 1 is 1.00 bits per heavy atom. The quantitative estimate of drug-likeness (QED) is 0.655. The Morgan fingerprint density at radius 3 is 2.30 bits per heavy atom. The fourth-order valence-corrected chi connectivity index (χ4v) is 5.87. The van der Waals surface area contributed by atoms with Crippen LogP contribution in [0, 0.1) is 0 Å². The minimum Gasteiger partial charge on any atom is -0.484 e. The molecule has 2 aliphatic heterocycles. The zero-order valence-electron chi connectivity index (χ0n) is 16.7. The van der Waals surface area contributed by atoms with Crippen LogP contribution >= 0.6 is 23.4 Å². The number of benzene rings is 2. The highest BCUT2D eigenvalue weighted by Gasteiger charge is 2.47. The van der Waals surface area contributed by atoms with Crippen molar-refractivity contribution in [1.29, 1.82) is 0 Å². The number of amides is 2. The van der Waals surface area contributed by atoms with Gasteiger partial charge in [-0.05, 0) is 30.5 Å². The molecule has 7 heteroatoms. The summed E-state index contributed by atoms with van der Waals surface area (Å²) >= 11 is 8.26. The largest absolute Gasteiger partial charge is 0.484 e. The summed E-state index contributed by atoms with van der Waals surface area (Å²) in [4.78, 5) is 29.3. The molecule has 0 aliphatic carbocycles. The summed E-state index contributed by atoms with van der Waals surface area (Å²) in [5, 5.41) is -0.673. The van der Waals surface area contributed by atoms with Crippen LogP contribution in [0.5, 0.6) is 5.75 Å².